The summed E-state index contributed by atoms with van der Waals surface area (Å²) < 4.78 is 12.0. The van der Waals surface area contributed by atoms with Gasteiger partial charge in [-0.25, -0.2) is 0 Å². The number of hydrogen-bond acceptors (Lipinski definition) is 5. The van der Waals surface area contributed by atoms with Gasteiger partial charge in [0.25, 0.3) is 0 Å². The first-order chi connectivity index (χ1) is 13.0. The molecule has 1 aromatic heterocycles. The molecule has 1 aromatic carbocycles. The standard InChI is InChI=1S/C20H25BrN2O3S/c1-22(12-15-7-9-19(21)27-15)13-20(24)23-10-4-5-17(23)16-8-6-14(25-2)11-18(16)26-3/h6-9,11,17H,4-5,10,12-13H2,1-3H3. The lowest BCUT2D eigenvalue weighted by Gasteiger charge is -2.28. The van der Waals surface area contributed by atoms with Crippen LogP contribution >= 0.6 is 27.3 Å². The number of rotatable bonds is 7. The van der Waals surface area contributed by atoms with Gasteiger partial charge in [0.15, 0.2) is 0 Å². The fourth-order valence-electron chi connectivity index (χ4n) is 3.56. The molecule has 3 rings (SSSR count). The first-order valence-corrected chi connectivity index (χ1v) is 10.6. The minimum atomic E-state index is 0.0580. The first kappa shape index (κ1) is 20.2. The van der Waals surface area contributed by atoms with Gasteiger partial charge in [-0.2, -0.15) is 0 Å². The van der Waals surface area contributed by atoms with Crippen LogP contribution < -0.4 is 9.47 Å². The van der Waals surface area contributed by atoms with Crippen molar-refractivity contribution in [2.75, 3.05) is 34.4 Å². The number of nitrogens with zero attached hydrogens (tertiary/aromatic N) is 2. The van der Waals surface area contributed by atoms with Gasteiger partial charge in [0, 0.05) is 29.6 Å². The summed E-state index contributed by atoms with van der Waals surface area (Å²) in [7, 11) is 5.29. The Labute approximate surface area is 173 Å². The van der Waals surface area contributed by atoms with Crippen LogP contribution in [0.3, 0.4) is 0 Å². The summed E-state index contributed by atoms with van der Waals surface area (Å²) in [6.45, 7) is 1.97. The van der Waals surface area contributed by atoms with Gasteiger partial charge in [-0.15, -0.1) is 11.3 Å². The molecular weight excluding hydrogens is 428 g/mol. The predicted molar refractivity (Wildman–Crippen MR) is 112 cm³/mol. The van der Waals surface area contributed by atoms with Gasteiger partial charge in [0.2, 0.25) is 5.91 Å². The van der Waals surface area contributed by atoms with Crippen molar-refractivity contribution in [3.63, 3.8) is 0 Å². The molecule has 0 N–H and O–H groups in total. The Balaban J connectivity index is 1.69. The van der Waals surface area contributed by atoms with Gasteiger partial charge in [0.1, 0.15) is 11.5 Å². The molecule has 1 fully saturated rings. The number of thiophene rings is 1. The number of benzene rings is 1. The van der Waals surface area contributed by atoms with Crippen LogP contribution in [0.5, 0.6) is 11.5 Å². The van der Waals surface area contributed by atoms with Crippen molar-refractivity contribution in [3.05, 3.63) is 44.6 Å². The van der Waals surface area contributed by atoms with Crippen molar-refractivity contribution in [1.29, 1.82) is 0 Å². The van der Waals surface area contributed by atoms with E-state index in [2.05, 4.69) is 26.9 Å². The van der Waals surface area contributed by atoms with Crippen molar-refractivity contribution in [3.8, 4) is 11.5 Å². The van der Waals surface area contributed by atoms with Crippen LogP contribution in [0, 0.1) is 0 Å². The number of carbonyl (C=O) groups excluding carboxylic acids is 1. The third-order valence-electron chi connectivity index (χ3n) is 4.83. The molecule has 146 valence electrons. The number of likely N-dealkylation sites (tertiary alicyclic amines) is 1. The van der Waals surface area contributed by atoms with Crippen molar-refractivity contribution in [2.45, 2.75) is 25.4 Å². The third-order valence-corrected chi connectivity index (χ3v) is 6.44. The molecule has 1 saturated heterocycles. The summed E-state index contributed by atoms with van der Waals surface area (Å²) >= 11 is 5.19. The highest BCUT2D eigenvalue weighted by Crippen LogP contribution is 2.38. The molecule has 1 aliphatic rings. The lowest BCUT2D eigenvalue weighted by atomic mass is 10.0. The lowest BCUT2D eigenvalue weighted by molar-refractivity contribution is -0.133. The molecule has 0 aliphatic carbocycles. The van der Waals surface area contributed by atoms with E-state index in [-0.39, 0.29) is 11.9 Å². The van der Waals surface area contributed by atoms with E-state index < -0.39 is 0 Å². The Kier molecular flexibility index (Phi) is 6.78. The highest BCUT2D eigenvalue weighted by molar-refractivity contribution is 9.11. The summed E-state index contributed by atoms with van der Waals surface area (Å²) in [6.07, 6.45) is 1.96. The summed E-state index contributed by atoms with van der Waals surface area (Å²) in [4.78, 5) is 18.3. The largest absolute Gasteiger partial charge is 0.497 e. The van der Waals surface area contributed by atoms with Gasteiger partial charge >= 0.3 is 0 Å². The predicted octanol–water partition coefficient (Wildman–Crippen LogP) is 4.32. The van der Waals surface area contributed by atoms with Crippen LogP contribution in [-0.2, 0) is 11.3 Å². The molecule has 1 atom stereocenters. The average Bonchev–Trinajstić information content (AvgIpc) is 3.30. The van der Waals surface area contributed by atoms with E-state index in [1.165, 1.54) is 4.88 Å². The molecule has 0 spiro atoms. The van der Waals surface area contributed by atoms with Crippen molar-refractivity contribution in [2.24, 2.45) is 0 Å². The highest BCUT2D eigenvalue weighted by atomic mass is 79.9. The molecule has 7 heteroatoms. The monoisotopic (exact) mass is 452 g/mol. The maximum Gasteiger partial charge on any atom is 0.237 e. The molecule has 1 amide bonds. The van der Waals surface area contributed by atoms with Crippen molar-refractivity contribution < 1.29 is 14.3 Å². The lowest BCUT2D eigenvalue weighted by Crippen LogP contribution is -2.38. The molecule has 0 radical (unpaired) electrons. The van der Waals surface area contributed by atoms with Gasteiger partial charge < -0.3 is 14.4 Å². The van der Waals surface area contributed by atoms with E-state index in [0.29, 0.717) is 6.54 Å². The summed E-state index contributed by atoms with van der Waals surface area (Å²) in [5, 5.41) is 0. The minimum Gasteiger partial charge on any atom is -0.497 e. The number of hydrogen-bond donors (Lipinski definition) is 0. The van der Waals surface area contributed by atoms with E-state index in [1.54, 1.807) is 25.6 Å². The van der Waals surface area contributed by atoms with Gasteiger partial charge in [-0.3, -0.25) is 9.69 Å². The van der Waals surface area contributed by atoms with E-state index in [9.17, 15) is 4.79 Å². The van der Waals surface area contributed by atoms with E-state index in [0.717, 1.165) is 46.8 Å². The molecule has 2 heterocycles. The van der Waals surface area contributed by atoms with Crippen LogP contribution in [0.15, 0.2) is 34.1 Å². The van der Waals surface area contributed by atoms with Crippen LogP contribution in [0.2, 0.25) is 0 Å². The van der Waals surface area contributed by atoms with Gasteiger partial charge in [0.05, 0.1) is 30.6 Å². The molecule has 27 heavy (non-hydrogen) atoms. The van der Waals surface area contributed by atoms with Crippen molar-refractivity contribution in [1.82, 2.24) is 9.80 Å². The number of ether oxygens (including phenoxy) is 2. The molecule has 1 unspecified atom stereocenters. The zero-order valence-electron chi connectivity index (χ0n) is 15.9. The Morgan fingerprint density at radius 1 is 1.30 bits per heavy atom. The number of methoxy groups -OCH3 is 2. The Hall–Kier alpha value is -1.57. The SMILES string of the molecule is COc1ccc(C2CCCN2C(=O)CN(C)Cc2ccc(Br)s2)c(OC)c1. The van der Waals surface area contributed by atoms with Gasteiger partial charge in [-0.1, -0.05) is 0 Å². The zero-order valence-corrected chi connectivity index (χ0v) is 18.3. The Morgan fingerprint density at radius 3 is 2.78 bits per heavy atom. The Morgan fingerprint density at radius 2 is 2.11 bits per heavy atom. The van der Waals surface area contributed by atoms with Crippen LogP contribution in [0.4, 0.5) is 0 Å². The summed E-state index contributed by atoms with van der Waals surface area (Å²) in [5.74, 6) is 1.69. The number of likely N-dealkylation sites (N-methyl/N-ethyl adjacent to an activating group) is 1. The Bertz CT molecular complexity index is 795. The molecule has 2 aromatic rings. The summed E-state index contributed by atoms with van der Waals surface area (Å²) in [6, 6.07) is 10.0. The van der Waals surface area contributed by atoms with Crippen LogP contribution in [0.25, 0.3) is 0 Å². The highest BCUT2D eigenvalue weighted by Gasteiger charge is 2.32. The fraction of sp³-hybridized carbons (Fsp3) is 0.450. The average molecular weight is 453 g/mol. The molecule has 1 aliphatic heterocycles. The minimum absolute atomic E-state index is 0.0580. The third kappa shape index (κ3) is 4.83. The maximum atomic E-state index is 13.0. The summed E-state index contributed by atoms with van der Waals surface area (Å²) in [5.41, 5.74) is 1.05. The fourth-order valence-corrected chi connectivity index (χ4v) is 5.13. The molecular formula is C20H25BrN2O3S. The molecule has 5 nitrogen and oxygen atoms in total. The number of amides is 1. The normalized spacial score (nSPS) is 16.8. The van der Waals surface area contributed by atoms with E-state index in [4.69, 9.17) is 9.47 Å². The first-order valence-electron chi connectivity index (χ1n) is 8.96. The van der Waals surface area contributed by atoms with E-state index >= 15 is 0 Å². The van der Waals surface area contributed by atoms with E-state index in [1.807, 2.05) is 36.2 Å². The number of carbonyl (C=O) groups is 1. The second-order valence-corrected chi connectivity index (χ2v) is 9.28. The van der Waals surface area contributed by atoms with Gasteiger partial charge in [-0.05, 0) is 60.1 Å². The zero-order chi connectivity index (χ0) is 19.4. The van der Waals surface area contributed by atoms with Crippen LogP contribution in [0.1, 0.15) is 29.3 Å². The maximum absolute atomic E-state index is 13.0. The second-order valence-electron chi connectivity index (χ2n) is 6.73. The topological polar surface area (TPSA) is 42.0 Å². The quantitative estimate of drug-likeness (QED) is 0.626. The van der Waals surface area contributed by atoms with Crippen LogP contribution in [-0.4, -0.2) is 50.1 Å². The smallest absolute Gasteiger partial charge is 0.237 e. The number of halogens is 1. The molecule has 0 saturated carbocycles. The second kappa shape index (κ2) is 9.08. The molecule has 0 bridgehead atoms. The van der Waals surface area contributed by atoms with Crippen molar-refractivity contribution >= 4 is 33.2 Å².